The number of hydrogen-bond acceptors (Lipinski definition) is 4. The number of pyridine rings is 1. The molecule has 0 saturated carbocycles. The Labute approximate surface area is 215 Å². The van der Waals surface area contributed by atoms with Crippen LogP contribution in [0.1, 0.15) is 39.8 Å². The van der Waals surface area contributed by atoms with E-state index in [0.717, 1.165) is 22.3 Å². The van der Waals surface area contributed by atoms with Crippen molar-refractivity contribution in [2.24, 2.45) is 5.73 Å². The highest BCUT2D eigenvalue weighted by Gasteiger charge is 2.29. The van der Waals surface area contributed by atoms with E-state index in [2.05, 4.69) is 38.6 Å². The van der Waals surface area contributed by atoms with E-state index >= 15 is 0 Å². The summed E-state index contributed by atoms with van der Waals surface area (Å²) in [5.74, 6) is 11.1. The molecule has 8 nitrogen and oxygen atoms in total. The molecule has 5 heterocycles. The molecule has 0 fully saturated rings. The number of alkyl halides is 1. The van der Waals surface area contributed by atoms with Gasteiger partial charge in [0.25, 0.3) is 5.91 Å². The molecule has 1 unspecified atom stereocenters. The van der Waals surface area contributed by atoms with Crippen LogP contribution >= 0.6 is 11.6 Å². The maximum Gasteiger partial charge on any atom is 0.251 e. The summed E-state index contributed by atoms with van der Waals surface area (Å²) in [6.45, 7) is 0.293. The molecule has 3 N–H and O–H groups in total. The highest BCUT2D eigenvalue weighted by atomic mass is 35.5. The summed E-state index contributed by atoms with van der Waals surface area (Å²) in [6, 6.07) is 6.96. The van der Waals surface area contributed by atoms with Gasteiger partial charge in [-0.2, -0.15) is 5.10 Å². The zero-order valence-electron chi connectivity index (χ0n) is 19.4. The molecule has 0 spiro atoms. The Balaban J connectivity index is 1.36. The maximum absolute atomic E-state index is 14.1. The van der Waals surface area contributed by atoms with Crippen LogP contribution in [0.25, 0.3) is 21.9 Å². The lowest BCUT2D eigenvalue weighted by atomic mass is 10.1. The van der Waals surface area contributed by atoms with Crippen molar-refractivity contribution < 1.29 is 9.18 Å². The Morgan fingerprint density at radius 1 is 1.27 bits per heavy atom. The molecule has 4 aromatic heterocycles. The van der Waals surface area contributed by atoms with Gasteiger partial charge in [-0.05, 0) is 30.0 Å². The molecular formula is C27H19ClFN7O. The molecule has 10 heteroatoms. The van der Waals surface area contributed by atoms with E-state index in [0.29, 0.717) is 41.0 Å². The van der Waals surface area contributed by atoms with Gasteiger partial charge in [0.15, 0.2) is 0 Å². The molecule has 0 radical (unpaired) electrons. The second kappa shape index (κ2) is 9.12. The minimum atomic E-state index is -0.939. The van der Waals surface area contributed by atoms with Gasteiger partial charge in [0, 0.05) is 47.9 Å². The number of primary amides is 1. The number of H-pyrrole nitrogens is 1. The average molecular weight is 512 g/mol. The molecule has 2 atom stereocenters. The van der Waals surface area contributed by atoms with E-state index in [1.807, 2.05) is 29.0 Å². The van der Waals surface area contributed by atoms with Crippen LogP contribution in [0.2, 0.25) is 5.02 Å². The van der Waals surface area contributed by atoms with Crippen molar-refractivity contribution in [2.75, 3.05) is 0 Å². The topological polar surface area (TPSA) is 107 Å². The van der Waals surface area contributed by atoms with Crippen LogP contribution in [-0.4, -0.2) is 41.4 Å². The smallest absolute Gasteiger partial charge is 0.251 e. The van der Waals surface area contributed by atoms with Crippen molar-refractivity contribution in [1.29, 1.82) is 0 Å². The van der Waals surface area contributed by atoms with Crippen molar-refractivity contribution in [2.45, 2.75) is 31.6 Å². The number of amides is 1. The third-order valence-corrected chi connectivity index (χ3v) is 6.75. The van der Waals surface area contributed by atoms with Crippen LogP contribution < -0.4 is 5.73 Å². The maximum atomic E-state index is 14.1. The fraction of sp³-hybridized carbons (Fsp3) is 0.185. The lowest BCUT2D eigenvalue weighted by Gasteiger charge is -2.14. The molecule has 6 rings (SSSR count). The summed E-state index contributed by atoms with van der Waals surface area (Å²) in [7, 11) is 0. The molecule has 0 saturated heterocycles. The van der Waals surface area contributed by atoms with E-state index in [1.54, 1.807) is 23.3 Å². The van der Waals surface area contributed by atoms with Crippen molar-refractivity contribution in [3.05, 3.63) is 76.7 Å². The van der Waals surface area contributed by atoms with Gasteiger partial charge in [0.1, 0.15) is 17.9 Å². The molecule has 37 heavy (non-hydrogen) atoms. The number of fused-ring (bicyclic) bond motifs is 3. The minimum Gasteiger partial charge on any atom is -0.366 e. The Hall–Kier alpha value is -4.60. The van der Waals surface area contributed by atoms with Crippen LogP contribution in [0, 0.1) is 23.7 Å². The number of benzene rings is 1. The number of nitrogens with two attached hydrogens (primary N) is 1. The number of halogens is 2. The number of carbonyl (C=O) groups excluding carboxylic acids is 1. The zero-order valence-corrected chi connectivity index (χ0v) is 20.1. The fourth-order valence-electron chi connectivity index (χ4n) is 4.68. The Morgan fingerprint density at radius 3 is 3.00 bits per heavy atom. The molecule has 1 amide bonds. The lowest BCUT2D eigenvalue weighted by Crippen LogP contribution is -2.13. The Morgan fingerprint density at radius 2 is 2.16 bits per heavy atom. The fourth-order valence-corrected chi connectivity index (χ4v) is 4.90. The van der Waals surface area contributed by atoms with E-state index in [4.69, 9.17) is 22.4 Å². The summed E-state index contributed by atoms with van der Waals surface area (Å²) in [6.07, 6.45) is 6.34. The van der Waals surface area contributed by atoms with Crippen LogP contribution in [0.5, 0.6) is 0 Å². The number of nitrogens with one attached hydrogen (secondary N) is 1. The summed E-state index contributed by atoms with van der Waals surface area (Å²) in [4.78, 5) is 23.7. The first-order chi connectivity index (χ1) is 18.0. The molecule has 0 bridgehead atoms. The third kappa shape index (κ3) is 4.10. The normalized spacial score (nSPS) is 15.1. The minimum absolute atomic E-state index is 0.230. The largest absolute Gasteiger partial charge is 0.366 e. The second-order valence-electron chi connectivity index (χ2n) is 8.73. The molecule has 5 aromatic rings. The average Bonchev–Trinajstić information content (AvgIpc) is 3.65. The summed E-state index contributed by atoms with van der Waals surface area (Å²) >= 11 is 6.38. The molecule has 1 aliphatic heterocycles. The standard InChI is InChI=1S/C27H19ClFN7O/c28-21-6-4-7-22-20(21)14-36(34-22)23(25-24-11-16(29)13-35(24)15-33-25)8-3-1-2-5-17-18-9-10-31-27(18)32-12-19(17)26(30)37/h4,6-7,9-10,12,14-16,23H,8,11,13H2,(H2,30,37)(H,31,32)/t16-,23?/m1/s1. The molecule has 182 valence electrons. The monoisotopic (exact) mass is 511 g/mol. The van der Waals surface area contributed by atoms with E-state index < -0.39 is 12.1 Å². The molecule has 1 aliphatic rings. The van der Waals surface area contributed by atoms with Gasteiger partial charge in [-0.3, -0.25) is 9.48 Å². The summed E-state index contributed by atoms with van der Waals surface area (Å²) in [5.41, 5.74) is 9.13. The first-order valence-corrected chi connectivity index (χ1v) is 11.9. The van der Waals surface area contributed by atoms with Gasteiger partial charge < -0.3 is 15.3 Å². The van der Waals surface area contributed by atoms with Gasteiger partial charge >= 0.3 is 0 Å². The third-order valence-electron chi connectivity index (χ3n) is 6.42. The van der Waals surface area contributed by atoms with Crippen LogP contribution in [-0.2, 0) is 13.0 Å². The summed E-state index contributed by atoms with van der Waals surface area (Å²) < 4.78 is 17.8. The van der Waals surface area contributed by atoms with Crippen molar-refractivity contribution in [3.8, 4) is 23.7 Å². The first kappa shape index (κ1) is 22.8. The van der Waals surface area contributed by atoms with Crippen LogP contribution in [0.3, 0.4) is 0 Å². The van der Waals surface area contributed by atoms with E-state index in [-0.39, 0.29) is 11.6 Å². The summed E-state index contributed by atoms with van der Waals surface area (Å²) in [5, 5.41) is 6.80. The molecular weight excluding hydrogens is 493 g/mol. The Bertz CT molecular complexity index is 1810. The van der Waals surface area contributed by atoms with Crippen molar-refractivity contribution >= 4 is 39.4 Å². The van der Waals surface area contributed by atoms with Crippen LogP contribution in [0.4, 0.5) is 4.39 Å². The Kier molecular flexibility index (Phi) is 5.63. The number of hydrogen-bond donors (Lipinski definition) is 2. The number of nitrogens with zero attached hydrogens (tertiary/aromatic N) is 5. The predicted molar refractivity (Wildman–Crippen MR) is 138 cm³/mol. The first-order valence-electron chi connectivity index (χ1n) is 11.6. The second-order valence-corrected chi connectivity index (χ2v) is 9.14. The highest BCUT2D eigenvalue weighted by Crippen LogP contribution is 2.31. The highest BCUT2D eigenvalue weighted by molar-refractivity contribution is 6.35. The lowest BCUT2D eigenvalue weighted by molar-refractivity contribution is 0.1000. The quantitative estimate of drug-likeness (QED) is 0.358. The number of carbonyl (C=O) groups is 1. The zero-order chi connectivity index (χ0) is 25.5. The van der Waals surface area contributed by atoms with Gasteiger partial charge in [0.05, 0.1) is 40.2 Å². The van der Waals surface area contributed by atoms with Gasteiger partial charge in [-0.1, -0.05) is 29.5 Å². The van der Waals surface area contributed by atoms with E-state index in [1.165, 1.54) is 6.20 Å². The van der Waals surface area contributed by atoms with Gasteiger partial charge in [-0.25, -0.2) is 14.4 Å². The van der Waals surface area contributed by atoms with Gasteiger partial charge in [-0.15, -0.1) is 0 Å². The van der Waals surface area contributed by atoms with Crippen molar-refractivity contribution in [1.82, 2.24) is 29.3 Å². The number of imidazole rings is 1. The van der Waals surface area contributed by atoms with Crippen molar-refractivity contribution in [3.63, 3.8) is 0 Å². The number of rotatable bonds is 4. The number of aromatic nitrogens is 6. The SMILES string of the molecule is NC(=O)c1cnc2[nH]ccc2c1C#CC#CCC(c1ncn2c1C[C@@H](F)C2)n1cc2c(Cl)cccc2n1. The van der Waals surface area contributed by atoms with Crippen LogP contribution in [0.15, 0.2) is 49.2 Å². The number of aromatic amines is 1. The molecule has 1 aromatic carbocycles. The van der Waals surface area contributed by atoms with Gasteiger partial charge in [0.2, 0.25) is 0 Å². The molecule has 0 aliphatic carbocycles. The van der Waals surface area contributed by atoms with E-state index in [9.17, 15) is 9.18 Å². The predicted octanol–water partition coefficient (Wildman–Crippen LogP) is 3.79.